The Morgan fingerprint density at radius 2 is 2.10 bits per heavy atom. The second-order valence-electron chi connectivity index (χ2n) is 5.03. The number of fused-ring (bicyclic) bond motifs is 1. The molecule has 2 heterocycles. The molecule has 0 bridgehead atoms. The maximum absolute atomic E-state index is 13.8. The molecular formula is C15H14F2N2O. The largest absolute Gasteiger partial charge is 0.491 e. The number of aryl methyl sites for hydroxylation is 1. The molecular weight excluding hydrogens is 262 g/mol. The van der Waals surface area contributed by atoms with Gasteiger partial charge in [0.2, 0.25) is 0 Å². The summed E-state index contributed by atoms with van der Waals surface area (Å²) < 4.78 is 32.4. The van der Waals surface area contributed by atoms with Crippen molar-refractivity contribution in [2.75, 3.05) is 6.61 Å². The van der Waals surface area contributed by atoms with E-state index in [-0.39, 0.29) is 5.82 Å². The lowest BCUT2D eigenvalue weighted by molar-refractivity contribution is 0.230. The lowest BCUT2D eigenvalue weighted by atomic mass is 9.82. The van der Waals surface area contributed by atoms with Crippen molar-refractivity contribution in [1.82, 2.24) is 4.98 Å². The first-order valence-corrected chi connectivity index (χ1v) is 6.35. The van der Waals surface area contributed by atoms with Gasteiger partial charge in [-0.1, -0.05) is 12.1 Å². The van der Waals surface area contributed by atoms with Gasteiger partial charge >= 0.3 is 0 Å². The molecule has 5 heteroatoms. The van der Waals surface area contributed by atoms with E-state index in [1.165, 1.54) is 12.1 Å². The molecule has 0 saturated carbocycles. The van der Waals surface area contributed by atoms with Crippen molar-refractivity contribution in [3.05, 3.63) is 58.9 Å². The fraction of sp³-hybridized carbons (Fsp3) is 0.267. The molecule has 0 spiro atoms. The first-order chi connectivity index (χ1) is 9.50. The number of halogens is 2. The summed E-state index contributed by atoms with van der Waals surface area (Å²) in [6.07, 6.45) is 1.56. The Bertz CT molecular complexity index is 675. The average Bonchev–Trinajstić information content (AvgIpc) is 2.41. The molecule has 1 aromatic heterocycles. The molecule has 3 nitrogen and oxygen atoms in total. The number of nitrogens with two attached hydrogens (primary N) is 1. The summed E-state index contributed by atoms with van der Waals surface area (Å²) in [6.45, 7) is 2.03. The van der Waals surface area contributed by atoms with Crippen LogP contribution in [0.5, 0.6) is 5.75 Å². The van der Waals surface area contributed by atoms with Crippen molar-refractivity contribution < 1.29 is 13.5 Å². The summed E-state index contributed by atoms with van der Waals surface area (Å²) in [5, 5.41) is 0. The fourth-order valence-corrected chi connectivity index (χ4v) is 2.46. The summed E-state index contributed by atoms with van der Waals surface area (Å²) in [7, 11) is 0. The molecule has 2 aromatic rings. The number of hydrogen-bond donors (Lipinski definition) is 1. The minimum absolute atomic E-state index is 0.317. The van der Waals surface area contributed by atoms with Gasteiger partial charge in [-0.2, -0.15) is 0 Å². The predicted octanol–water partition coefficient (Wildman–Crippen LogP) is 2.65. The minimum Gasteiger partial charge on any atom is -0.491 e. The topological polar surface area (TPSA) is 48.1 Å². The Kier molecular flexibility index (Phi) is 2.94. The van der Waals surface area contributed by atoms with Gasteiger partial charge in [0.05, 0.1) is 18.3 Å². The van der Waals surface area contributed by atoms with Gasteiger partial charge in [0.1, 0.15) is 23.1 Å². The highest BCUT2D eigenvalue weighted by Crippen LogP contribution is 2.38. The van der Waals surface area contributed by atoms with E-state index in [0.29, 0.717) is 35.6 Å². The highest BCUT2D eigenvalue weighted by molar-refractivity contribution is 5.44. The number of ether oxygens (including phenoxy) is 1. The quantitative estimate of drug-likeness (QED) is 0.871. The van der Waals surface area contributed by atoms with Crippen LogP contribution >= 0.6 is 0 Å². The smallest absolute Gasteiger partial charge is 0.145 e. The van der Waals surface area contributed by atoms with Crippen molar-refractivity contribution in [3.8, 4) is 5.75 Å². The maximum atomic E-state index is 13.8. The van der Waals surface area contributed by atoms with Crippen LogP contribution in [0.3, 0.4) is 0 Å². The molecule has 0 amide bonds. The molecule has 1 aliphatic rings. The summed E-state index contributed by atoms with van der Waals surface area (Å²) >= 11 is 0. The van der Waals surface area contributed by atoms with Gasteiger partial charge in [-0.15, -0.1) is 0 Å². The van der Waals surface area contributed by atoms with Crippen molar-refractivity contribution in [2.24, 2.45) is 5.73 Å². The molecule has 3 rings (SSSR count). The zero-order valence-corrected chi connectivity index (χ0v) is 11.0. The highest BCUT2D eigenvalue weighted by atomic mass is 19.1. The summed E-state index contributed by atoms with van der Waals surface area (Å²) in [4.78, 5) is 4.05. The molecule has 2 N–H and O–H groups in total. The normalized spacial score (nSPS) is 21.2. The molecule has 1 atom stereocenters. The van der Waals surface area contributed by atoms with E-state index in [2.05, 4.69) is 4.98 Å². The van der Waals surface area contributed by atoms with Crippen LogP contribution in [0.25, 0.3) is 0 Å². The Labute approximate surface area is 115 Å². The van der Waals surface area contributed by atoms with Gasteiger partial charge in [-0.25, -0.2) is 8.78 Å². The summed E-state index contributed by atoms with van der Waals surface area (Å²) in [6, 6.07) is 6.12. The Morgan fingerprint density at radius 3 is 2.85 bits per heavy atom. The number of benzene rings is 1. The van der Waals surface area contributed by atoms with Gasteiger partial charge in [0.15, 0.2) is 0 Å². The summed E-state index contributed by atoms with van der Waals surface area (Å²) in [5.41, 5.74) is 7.07. The minimum atomic E-state index is -0.962. The van der Waals surface area contributed by atoms with Crippen molar-refractivity contribution in [2.45, 2.75) is 18.9 Å². The van der Waals surface area contributed by atoms with Gasteiger partial charge < -0.3 is 10.5 Å². The number of hydrogen-bond acceptors (Lipinski definition) is 3. The van der Waals surface area contributed by atoms with Crippen LogP contribution in [0.2, 0.25) is 0 Å². The van der Waals surface area contributed by atoms with Crippen LogP contribution in [0, 0.1) is 18.6 Å². The lowest BCUT2D eigenvalue weighted by Gasteiger charge is -2.34. The van der Waals surface area contributed by atoms with Crippen LogP contribution in [0.1, 0.15) is 23.2 Å². The van der Waals surface area contributed by atoms with E-state index in [1.54, 1.807) is 19.1 Å². The number of pyridine rings is 1. The number of rotatable bonds is 1. The second kappa shape index (κ2) is 4.52. The van der Waals surface area contributed by atoms with Crippen LogP contribution in [0.4, 0.5) is 8.78 Å². The Hall–Kier alpha value is -2.01. The zero-order chi connectivity index (χ0) is 14.3. The van der Waals surface area contributed by atoms with Crippen LogP contribution < -0.4 is 10.5 Å². The van der Waals surface area contributed by atoms with E-state index in [1.807, 2.05) is 0 Å². The predicted molar refractivity (Wildman–Crippen MR) is 70.4 cm³/mol. The van der Waals surface area contributed by atoms with Gasteiger partial charge in [-0.05, 0) is 24.1 Å². The van der Waals surface area contributed by atoms with Crippen molar-refractivity contribution in [3.63, 3.8) is 0 Å². The maximum Gasteiger partial charge on any atom is 0.145 e. The van der Waals surface area contributed by atoms with Gasteiger partial charge in [0, 0.05) is 12.5 Å². The van der Waals surface area contributed by atoms with Crippen molar-refractivity contribution >= 4 is 0 Å². The monoisotopic (exact) mass is 276 g/mol. The lowest BCUT2D eigenvalue weighted by Crippen LogP contribution is -2.43. The molecule has 104 valence electrons. The average molecular weight is 276 g/mol. The van der Waals surface area contributed by atoms with E-state index >= 15 is 0 Å². The van der Waals surface area contributed by atoms with E-state index < -0.39 is 11.4 Å². The third-order valence-corrected chi connectivity index (χ3v) is 3.68. The molecule has 0 saturated heterocycles. The molecule has 0 radical (unpaired) electrons. The fourth-order valence-electron chi connectivity index (χ4n) is 2.46. The zero-order valence-electron chi connectivity index (χ0n) is 11.0. The first-order valence-electron chi connectivity index (χ1n) is 6.35. The molecule has 0 unspecified atom stereocenters. The van der Waals surface area contributed by atoms with E-state index in [4.69, 9.17) is 10.5 Å². The van der Waals surface area contributed by atoms with Gasteiger partial charge in [0.25, 0.3) is 0 Å². The van der Waals surface area contributed by atoms with E-state index in [9.17, 15) is 8.78 Å². The molecule has 20 heavy (non-hydrogen) atoms. The Balaban J connectivity index is 2.15. The Morgan fingerprint density at radius 1 is 1.30 bits per heavy atom. The highest BCUT2D eigenvalue weighted by Gasteiger charge is 2.37. The van der Waals surface area contributed by atoms with Crippen LogP contribution in [-0.2, 0) is 5.54 Å². The SMILES string of the molecule is Cc1ccc([C@@]2(N)CCOc3cc(F)cnc32)cc1F. The first kappa shape index (κ1) is 13.0. The van der Waals surface area contributed by atoms with E-state index in [0.717, 1.165) is 6.20 Å². The molecule has 0 fully saturated rings. The number of aromatic nitrogens is 1. The number of nitrogens with zero attached hydrogens (tertiary/aromatic N) is 1. The van der Waals surface area contributed by atoms with Crippen molar-refractivity contribution in [1.29, 1.82) is 0 Å². The molecule has 1 aromatic carbocycles. The summed E-state index contributed by atoms with van der Waals surface area (Å²) in [5.74, 6) is -0.481. The van der Waals surface area contributed by atoms with Crippen LogP contribution in [-0.4, -0.2) is 11.6 Å². The third kappa shape index (κ3) is 1.94. The third-order valence-electron chi connectivity index (χ3n) is 3.68. The second-order valence-corrected chi connectivity index (χ2v) is 5.03. The molecule has 1 aliphatic heterocycles. The van der Waals surface area contributed by atoms with Crippen LogP contribution in [0.15, 0.2) is 30.5 Å². The van der Waals surface area contributed by atoms with Gasteiger partial charge in [-0.3, -0.25) is 4.98 Å². The molecule has 0 aliphatic carbocycles. The standard InChI is InChI=1S/C15H14F2N2O/c1-9-2-3-10(6-12(9)17)15(18)4-5-20-13-7-11(16)8-19-14(13)15/h2-3,6-8H,4-5,18H2,1H3/t15-/m0/s1.